The van der Waals surface area contributed by atoms with E-state index in [1.54, 1.807) is 0 Å². The molecule has 0 saturated carbocycles. The average molecular weight is 265 g/mol. The Morgan fingerprint density at radius 1 is 1.42 bits per heavy atom. The van der Waals surface area contributed by atoms with Gasteiger partial charge in [-0.2, -0.15) is 5.26 Å². The lowest BCUT2D eigenvalue weighted by atomic mass is 9.96. The minimum atomic E-state index is -0.336. The molecule has 0 aromatic heterocycles. The maximum Gasteiger partial charge on any atom is 0.103 e. The van der Waals surface area contributed by atoms with Crippen LogP contribution in [-0.4, -0.2) is 36.1 Å². The van der Waals surface area contributed by atoms with Crippen LogP contribution in [0, 0.1) is 17.2 Å². The molecular weight excluding hydrogens is 234 g/mol. The summed E-state index contributed by atoms with van der Waals surface area (Å²) in [5, 5.41) is 12.5. The van der Waals surface area contributed by atoms with Gasteiger partial charge in [0.15, 0.2) is 0 Å². The zero-order chi connectivity index (χ0) is 14.3. The largest absolute Gasteiger partial charge is 0.300 e. The molecule has 3 nitrogen and oxygen atoms in total. The number of nitrogens with zero attached hydrogens (tertiary/aromatic N) is 2. The van der Waals surface area contributed by atoms with Crippen LogP contribution in [0.5, 0.6) is 0 Å². The molecular formula is C16H31N3. The first-order chi connectivity index (χ1) is 9.02. The lowest BCUT2D eigenvalue weighted by molar-refractivity contribution is 0.201. The molecule has 0 spiro atoms. The van der Waals surface area contributed by atoms with Crippen molar-refractivity contribution < 1.29 is 0 Å². The van der Waals surface area contributed by atoms with E-state index in [0.717, 1.165) is 31.3 Å². The quantitative estimate of drug-likeness (QED) is 0.685. The van der Waals surface area contributed by atoms with Gasteiger partial charge < -0.3 is 4.90 Å². The highest BCUT2D eigenvalue weighted by molar-refractivity contribution is 5.03. The normalized spacial score (nSPS) is 23.5. The van der Waals surface area contributed by atoms with Gasteiger partial charge in [0.1, 0.15) is 5.54 Å². The highest BCUT2D eigenvalue weighted by atomic mass is 15.2. The Morgan fingerprint density at radius 2 is 2.16 bits per heavy atom. The number of nitriles is 1. The summed E-state index contributed by atoms with van der Waals surface area (Å²) < 4.78 is 0. The molecule has 1 N–H and O–H groups in total. The smallest absolute Gasteiger partial charge is 0.103 e. The van der Waals surface area contributed by atoms with E-state index >= 15 is 0 Å². The van der Waals surface area contributed by atoms with E-state index in [4.69, 9.17) is 0 Å². The first kappa shape index (κ1) is 16.5. The Labute approximate surface area is 119 Å². The van der Waals surface area contributed by atoms with Crippen molar-refractivity contribution in [3.63, 3.8) is 0 Å². The van der Waals surface area contributed by atoms with Crippen LogP contribution < -0.4 is 5.32 Å². The fourth-order valence-corrected chi connectivity index (χ4v) is 3.25. The first-order valence-corrected chi connectivity index (χ1v) is 7.92. The third-order valence-corrected chi connectivity index (χ3v) is 4.37. The molecule has 1 saturated heterocycles. The van der Waals surface area contributed by atoms with Crippen LogP contribution in [0.1, 0.15) is 59.8 Å². The van der Waals surface area contributed by atoms with Crippen LogP contribution in [0.4, 0.5) is 0 Å². The van der Waals surface area contributed by atoms with Crippen molar-refractivity contribution in [1.29, 1.82) is 5.26 Å². The van der Waals surface area contributed by atoms with Crippen molar-refractivity contribution in [3.8, 4) is 6.07 Å². The molecule has 1 aliphatic rings. The molecule has 0 aromatic rings. The van der Waals surface area contributed by atoms with Crippen molar-refractivity contribution >= 4 is 0 Å². The molecule has 19 heavy (non-hydrogen) atoms. The van der Waals surface area contributed by atoms with Gasteiger partial charge in [-0.05, 0) is 64.6 Å². The molecule has 2 atom stereocenters. The van der Waals surface area contributed by atoms with E-state index in [1.165, 1.54) is 32.4 Å². The highest BCUT2D eigenvalue weighted by Crippen LogP contribution is 2.24. The van der Waals surface area contributed by atoms with E-state index < -0.39 is 0 Å². The fraction of sp³-hybridized carbons (Fsp3) is 0.938. The van der Waals surface area contributed by atoms with Crippen LogP contribution in [0.3, 0.4) is 0 Å². The summed E-state index contributed by atoms with van der Waals surface area (Å²) in [5.41, 5.74) is -0.336. The minimum Gasteiger partial charge on any atom is -0.300 e. The molecule has 1 heterocycles. The zero-order valence-corrected chi connectivity index (χ0v) is 13.2. The molecule has 1 rings (SSSR count). The van der Waals surface area contributed by atoms with E-state index in [1.807, 2.05) is 6.92 Å². The number of hydrogen-bond donors (Lipinski definition) is 1. The monoisotopic (exact) mass is 265 g/mol. The lowest BCUT2D eigenvalue weighted by Crippen LogP contribution is -2.41. The minimum absolute atomic E-state index is 0.336. The van der Waals surface area contributed by atoms with Gasteiger partial charge in [0.25, 0.3) is 0 Å². The fourth-order valence-electron chi connectivity index (χ4n) is 3.25. The van der Waals surface area contributed by atoms with Gasteiger partial charge in [0.2, 0.25) is 0 Å². The lowest BCUT2D eigenvalue weighted by Gasteiger charge is -2.28. The molecule has 2 unspecified atom stereocenters. The van der Waals surface area contributed by atoms with Crippen molar-refractivity contribution in [2.24, 2.45) is 5.92 Å². The molecule has 110 valence electrons. The van der Waals surface area contributed by atoms with Gasteiger partial charge in [-0.15, -0.1) is 0 Å². The van der Waals surface area contributed by atoms with Gasteiger partial charge in [-0.1, -0.05) is 20.8 Å². The van der Waals surface area contributed by atoms with E-state index in [0.29, 0.717) is 0 Å². The SMILES string of the molecule is CCNC(C)(C#N)CCCCN1CCCC1C(C)C. The zero-order valence-electron chi connectivity index (χ0n) is 13.2. The van der Waals surface area contributed by atoms with Crippen LogP contribution in [0.15, 0.2) is 0 Å². The summed E-state index contributed by atoms with van der Waals surface area (Å²) in [7, 11) is 0. The molecule has 1 aliphatic heterocycles. The first-order valence-electron chi connectivity index (χ1n) is 7.92. The Kier molecular flexibility index (Phi) is 6.82. The summed E-state index contributed by atoms with van der Waals surface area (Å²) in [4.78, 5) is 2.65. The molecule has 0 aliphatic carbocycles. The van der Waals surface area contributed by atoms with Crippen LogP contribution in [0.2, 0.25) is 0 Å². The number of rotatable bonds is 8. The van der Waals surface area contributed by atoms with Crippen molar-refractivity contribution in [2.45, 2.75) is 71.4 Å². The summed E-state index contributed by atoms with van der Waals surface area (Å²) in [6, 6.07) is 3.20. The second kappa shape index (κ2) is 7.87. The van der Waals surface area contributed by atoms with Gasteiger partial charge in [0, 0.05) is 6.04 Å². The number of nitrogens with one attached hydrogen (secondary N) is 1. The van der Waals surface area contributed by atoms with Crippen LogP contribution >= 0.6 is 0 Å². The van der Waals surface area contributed by atoms with Crippen molar-refractivity contribution in [1.82, 2.24) is 10.2 Å². The molecule has 0 bridgehead atoms. The number of likely N-dealkylation sites (tertiary alicyclic amines) is 1. The van der Waals surface area contributed by atoms with Gasteiger partial charge >= 0.3 is 0 Å². The summed E-state index contributed by atoms with van der Waals surface area (Å²) >= 11 is 0. The van der Waals surface area contributed by atoms with Crippen LogP contribution in [-0.2, 0) is 0 Å². The molecule has 0 radical (unpaired) electrons. The maximum absolute atomic E-state index is 9.22. The molecule has 3 heteroatoms. The second-order valence-corrected chi connectivity index (χ2v) is 6.42. The topological polar surface area (TPSA) is 39.1 Å². The Morgan fingerprint density at radius 3 is 2.74 bits per heavy atom. The number of hydrogen-bond acceptors (Lipinski definition) is 3. The molecule has 0 aromatic carbocycles. The Hall–Kier alpha value is -0.590. The van der Waals surface area contributed by atoms with Crippen molar-refractivity contribution in [3.05, 3.63) is 0 Å². The summed E-state index contributed by atoms with van der Waals surface area (Å²) in [5.74, 6) is 0.772. The van der Waals surface area contributed by atoms with Crippen molar-refractivity contribution in [2.75, 3.05) is 19.6 Å². The predicted molar refractivity (Wildman–Crippen MR) is 81.0 cm³/mol. The average Bonchev–Trinajstić information content (AvgIpc) is 2.83. The van der Waals surface area contributed by atoms with Gasteiger partial charge in [-0.3, -0.25) is 5.32 Å². The molecule has 0 amide bonds. The van der Waals surface area contributed by atoms with E-state index in [-0.39, 0.29) is 5.54 Å². The third-order valence-electron chi connectivity index (χ3n) is 4.37. The maximum atomic E-state index is 9.22. The molecule has 1 fully saturated rings. The standard InChI is InChI=1S/C16H31N3/c1-5-18-16(4,13-17)10-6-7-11-19-12-8-9-15(19)14(2)3/h14-15,18H,5-12H2,1-4H3. The Bertz CT molecular complexity index is 295. The van der Waals surface area contributed by atoms with Crippen LogP contribution in [0.25, 0.3) is 0 Å². The summed E-state index contributed by atoms with van der Waals surface area (Å²) in [6.07, 6.45) is 6.03. The van der Waals surface area contributed by atoms with Gasteiger partial charge in [0.05, 0.1) is 6.07 Å². The van der Waals surface area contributed by atoms with E-state index in [2.05, 4.69) is 37.1 Å². The third kappa shape index (κ3) is 5.12. The Balaban J connectivity index is 2.25. The summed E-state index contributed by atoms with van der Waals surface area (Å²) in [6.45, 7) is 12.1. The van der Waals surface area contributed by atoms with E-state index in [9.17, 15) is 5.26 Å². The van der Waals surface area contributed by atoms with Gasteiger partial charge in [-0.25, -0.2) is 0 Å². The predicted octanol–water partition coefficient (Wildman–Crippen LogP) is 3.17. The highest BCUT2D eigenvalue weighted by Gasteiger charge is 2.27. The number of unbranched alkanes of at least 4 members (excludes halogenated alkanes) is 1. The second-order valence-electron chi connectivity index (χ2n) is 6.42.